The monoisotopic (exact) mass is 303 g/mol. The van der Waals surface area contributed by atoms with Crippen molar-refractivity contribution in [3.05, 3.63) is 35.9 Å². The second-order valence-electron chi connectivity index (χ2n) is 5.75. The molecule has 112 valence electrons. The van der Waals surface area contributed by atoms with Crippen LogP contribution in [0.15, 0.2) is 35.5 Å². The summed E-state index contributed by atoms with van der Waals surface area (Å²) in [4.78, 5) is 2.22. The summed E-state index contributed by atoms with van der Waals surface area (Å²) in [5, 5.41) is 13.6. The van der Waals surface area contributed by atoms with Crippen LogP contribution in [0.1, 0.15) is 36.1 Å². The van der Waals surface area contributed by atoms with Crippen molar-refractivity contribution in [1.82, 2.24) is 25.1 Å². The van der Waals surface area contributed by atoms with Gasteiger partial charge in [0, 0.05) is 5.25 Å². The van der Waals surface area contributed by atoms with Crippen molar-refractivity contribution in [3.8, 4) is 0 Å². The summed E-state index contributed by atoms with van der Waals surface area (Å²) in [6.45, 7) is 1.05. The molecule has 1 aliphatic carbocycles. The number of aromatic nitrogens is 4. The lowest BCUT2D eigenvalue weighted by Gasteiger charge is -2.18. The molecule has 0 bridgehead atoms. The average molecular weight is 303 g/mol. The van der Waals surface area contributed by atoms with Crippen molar-refractivity contribution < 1.29 is 0 Å². The number of benzene rings is 1. The molecule has 1 atom stereocenters. The SMILES string of the molecule is CN(C)CCC(Sc1nnnn1C1CC1)c1ccccc1. The third kappa shape index (κ3) is 3.83. The van der Waals surface area contributed by atoms with E-state index < -0.39 is 0 Å². The molecule has 1 fully saturated rings. The van der Waals surface area contributed by atoms with Crippen LogP contribution in [0.2, 0.25) is 0 Å². The molecule has 1 heterocycles. The second kappa shape index (κ2) is 6.58. The van der Waals surface area contributed by atoms with Gasteiger partial charge in [0.25, 0.3) is 0 Å². The van der Waals surface area contributed by atoms with E-state index in [4.69, 9.17) is 0 Å². The van der Waals surface area contributed by atoms with Crippen LogP contribution in [0.5, 0.6) is 0 Å². The first-order chi connectivity index (χ1) is 10.2. The maximum Gasteiger partial charge on any atom is 0.210 e. The first kappa shape index (κ1) is 14.5. The lowest BCUT2D eigenvalue weighted by atomic mass is 10.1. The van der Waals surface area contributed by atoms with E-state index in [-0.39, 0.29) is 0 Å². The van der Waals surface area contributed by atoms with Crippen molar-refractivity contribution >= 4 is 11.8 Å². The lowest BCUT2D eigenvalue weighted by molar-refractivity contribution is 0.398. The van der Waals surface area contributed by atoms with E-state index >= 15 is 0 Å². The summed E-state index contributed by atoms with van der Waals surface area (Å²) >= 11 is 1.79. The molecule has 1 aromatic heterocycles. The van der Waals surface area contributed by atoms with E-state index in [1.54, 1.807) is 11.8 Å². The maximum atomic E-state index is 4.22. The third-order valence-corrected chi connectivity index (χ3v) is 4.88. The second-order valence-corrected chi connectivity index (χ2v) is 6.92. The van der Waals surface area contributed by atoms with Gasteiger partial charge >= 0.3 is 0 Å². The molecule has 0 N–H and O–H groups in total. The summed E-state index contributed by atoms with van der Waals surface area (Å²) in [6, 6.07) is 11.2. The van der Waals surface area contributed by atoms with Gasteiger partial charge in [-0.15, -0.1) is 5.10 Å². The maximum absolute atomic E-state index is 4.22. The Bertz CT molecular complexity index is 564. The molecule has 0 spiro atoms. The molecule has 1 aliphatic rings. The molecule has 0 aliphatic heterocycles. The highest BCUT2D eigenvalue weighted by molar-refractivity contribution is 7.99. The Hall–Kier alpha value is -1.40. The highest BCUT2D eigenvalue weighted by Gasteiger charge is 2.29. The molecule has 6 heteroatoms. The van der Waals surface area contributed by atoms with E-state index in [2.05, 4.69) is 64.9 Å². The Kier molecular flexibility index (Phi) is 4.55. The van der Waals surface area contributed by atoms with Gasteiger partial charge < -0.3 is 4.90 Å². The normalized spacial score (nSPS) is 16.3. The zero-order valence-electron chi connectivity index (χ0n) is 12.5. The van der Waals surface area contributed by atoms with Gasteiger partial charge in [0.2, 0.25) is 5.16 Å². The van der Waals surface area contributed by atoms with Crippen molar-refractivity contribution in [1.29, 1.82) is 0 Å². The molecule has 3 rings (SSSR count). The Morgan fingerprint density at radius 1 is 1.29 bits per heavy atom. The lowest BCUT2D eigenvalue weighted by Crippen LogP contribution is -2.15. The number of hydrogen-bond donors (Lipinski definition) is 0. The number of thioether (sulfide) groups is 1. The van der Waals surface area contributed by atoms with E-state index in [1.165, 1.54) is 18.4 Å². The Morgan fingerprint density at radius 2 is 2.05 bits per heavy atom. The molecule has 5 nitrogen and oxygen atoms in total. The number of nitrogens with zero attached hydrogens (tertiary/aromatic N) is 5. The highest BCUT2D eigenvalue weighted by Crippen LogP contribution is 2.41. The zero-order chi connectivity index (χ0) is 14.7. The zero-order valence-corrected chi connectivity index (χ0v) is 13.3. The first-order valence-electron chi connectivity index (χ1n) is 7.38. The minimum absolute atomic E-state index is 0.386. The molecule has 0 amide bonds. The fourth-order valence-corrected chi connectivity index (χ4v) is 3.42. The van der Waals surface area contributed by atoms with Crippen LogP contribution in [-0.4, -0.2) is 45.7 Å². The van der Waals surface area contributed by atoms with Crippen molar-refractivity contribution in [2.24, 2.45) is 0 Å². The van der Waals surface area contributed by atoms with Crippen LogP contribution in [0, 0.1) is 0 Å². The quantitative estimate of drug-likeness (QED) is 0.736. The van der Waals surface area contributed by atoms with E-state index in [9.17, 15) is 0 Å². The fraction of sp³-hybridized carbons (Fsp3) is 0.533. The Morgan fingerprint density at radius 3 is 2.71 bits per heavy atom. The molecule has 0 radical (unpaired) electrons. The molecule has 1 unspecified atom stereocenters. The molecule has 1 saturated carbocycles. The first-order valence-corrected chi connectivity index (χ1v) is 8.26. The van der Waals surface area contributed by atoms with Gasteiger partial charge in [0.1, 0.15) is 0 Å². The summed E-state index contributed by atoms with van der Waals surface area (Å²) < 4.78 is 2.00. The van der Waals surface area contributed by atoms with Crippen LogP contribution in [0.3, 0.4) is 0 Å². The Labute approximate surface area is 129 Å². The van der Waals surface area contributed by atoms with E-state index in [0.29, 0.717) is 11.3 Å². The van der Waals surface area contributed by atoms with Crippen LogP contribution in [-0.2, 0) is 0 Å². The minimum atomic E-state index is 0.386. The summed E-state index contributed by atoms with van der Waals surface area (Å²) in [6.07, 6.45) is 3.48. The van der Waals surface area contributed by atoms with Crippen LogP contribution < -0.4 is 0 Å². The topological polar surface area (TPSA) is 46.8 Å². The number of rotatable bonds is 7. The predicted molar refractivity (Wildman–Crippen MR) is 84.3 cm³/mol. The average Bonchev–Trinajstić information content (AvgIpc) is 3.23. The summed E-state index contributed by atoms with van der Waals surface area (Å²) in [5.74, 6) is 0. The number of tetrazole rings is 1. The van der Waals surface area contributed by atoms with Crippen molar-refractivity contribution in [3.63, 3.8) is 0 Å². The van der Waals surface area contributed by atoms with Gasteiger partial charge in [-0.2, -0.15) is 0 Å². The molecule has 2 aromatic rings. The van der Waals surface area contributed by atoms with Crippen molar-refractivity contribution in [2.45, 2.75) is 35.7 Å². The van der Waals surface area contributed by atoms with Gasteiger partial charge in [-0.3, -0.25) is 0 Å². The number of hydrogen-bond acceptors (Lipinski definition) is 5. The molecule has 21 heavy (non-hydrogen) atoms. The molecular formula is C15H21N5S. The van der Waals surface area contributed by atoms with Gasteiger partial charge in [0.15, 0.2) is 0 Å². The van der Waals surface area contributed by atoms with E-state index in [0.717, 1.165) is 18.1 Å². The van der Waals surface area contributed by atoms with Crippen LogP contribution in [0.4, 0.5) is 0 Å². The van der Waals surface area contributed by atoms with Gasteiger partial charge in [-0.05, 0) is 55.9 Å². The van der Waals surface area contributed by atoms with Gasteiger partial charge in [0.05, 0.1) is 6.04 Å². The molecule has 0 saturated heterocycles. The van der Waals surface area contributed by atoms with Gasteiger partial charge in [-0.1, -0.05) is 42.1 Å². The smallest absolute Gasteiger partial charge is 0.210 e. The molecular weight excluding hydrogens is 282 g/mol. The Balaban J connectivity index is 1.76. The van der Waals surface area contributed by atoms with Crippen LogP contribution >= 0.6 is 11.8 Å². The standard InChI is InChI=1S/C15H21N5S/c1-19(2)11-10-14(12-6-4-3-5-7-12)21-15-16-17-18-20(15)13-8-9-13/h3-7,13-14H,8-11H2,1-2H3. The van der Waals surface area contributed by atoms with Crippen LogP contribution in [0.25, 0.3) is 0 Å². The van der Waals surface area contributed by atoms with E-state index in [1.807, 2.05) is 4.68 Å². The predicted octanol–water partition coefficient (Wildman–Crippen LogP) is 2.79. The van der Waals surface area contributed by atoms with Crippen molar-refractivity contribution in [2.75, 3.05) is 20.6 Å². The van der Waals surface area contributed by atoms with Gasteiger partial charge in [-0.25, -0.2) is 4.68 Å². The fourth-order valence-electron chi connectivity index (χ4n) is 2.28. The largest absolute Gasteiger partial charge is 0.309 e. The summed E-state index contributed by atoms with van der Waals surface area (Å²) in [7, 11) is 4.22. The minimum Gasteiger partial charge on any atom is -0.309 e. The molecule has 1 aromatic carbocycles. The third-order valence-electron chi connectivity index (χ3n) is 3.61. The highest BCUT2D eigenvalue weighted by atomic mass is 32.2. The summed E-state index contributed by atoms with van der Waals surface area (Å²) in [5.41, 5.74) is 1.34.